The standard InChI is InChI=1S/C20H22ClN3O3/c1-23(2)19(25)14-11-15(13-22-12-14)20(26)24-9-7-18(8-10-24)27-17-5-3-16(21)4-6-17/h3-6,11-13,18H,7-10H2,1-2H3. The zero-order chi connectivity index (χ0) is 19.4. The summed E-state index contributed by atoms with van der Waals surface area (Å²) in [4.78, 5) is 32.1. The van der Waals surface area contributed by atoms with Crippen molar-refractivity contribution in [1.29, 1.82) is 0 Å². The Balaban J connectivity index is 1.59. The zero-order valence-electron chi connectivity index (χ0n) is 15.4. The molecule has 0 unspecified atom stereocenters. The molecule has 0 N–H and O–H groups in total. The van der Waals surface area contributed by atoms with Gasteiger partial charge in [0.05, 0.1) is 11.1 Å². The predicted octanol–water partition coefficient (Wildman–Crippen LogP) is 3.12. The molecule has 2 amide bonds. The van der Waals surface area contributed by atoms with Crippen molar-refractivity contribution in [3.05, 3.63) is 58.9 Å². The molecule has 0 aliphatic carbocycles. The summed E-state index contributed by atoms with van der Waals surface area (Å²) < 4.78 is 5.96. The van der Waals surface area contributed by atoms with Crippen LogP contribution < -0.4 is 4.74 Å². The van der Waals surface area contributed by atoms with Gasteiger partial charge < -0.3 is 14.5 Å². The van der Waals surface area contributed by atoms with Crippen LogP contribution in [0.3, 0.4) is 0 Å². The second kappa shape index (κ2) is 8.39. The Hall–Kier alpha value is -2.60. The number of halogens is 1. The van der Waals surface area contributed by atoms with Crippen LogP contribution in [0.15, 0.2) is 42.7 Å². The first-order chi connectivity index (χ1) is 12.9. The molecule has 0 bridgehead atoms. The van der Waals surface area contributed by atoms with Crippen molar-refractivity contribution in [2.24, 2.45) is 0 Å². The second-order valence-electron chi connectivity index (χ2n) is 6.73. The maximum Gasteiger partial charge on any atom is 0.255 e. The van der Waals surface area contributed by atoms with Gasteiger partial charge in [-0.2, -0.15) is 0 Å². The van der Waals surface area contributed by atoms with Crippen molar-refractivity contribution < 1.29 is 14.3 Å². The maximum atomic E-state index is 12.8. The summed E-state index contributed by atoms with van der Waals surface area (Å²) in [5, 5.41) is 0.673. The first-order valence-corrected chi connectivity index (χ1v) is 9.20. The van der Waals surface area contributed by atoms with Gasteiger partial charge in [0.15, 0.2) is 0 Å². The summed E-state index contributed by atoms with van der Waals surface area (Å²) in [6.45, 7) is 1.20. The van der Waals surface area contributed by atoms with Gasteiger partial charge in [0.1, 0.15) is 11.9 Å². The fraction of sp³-hybridized carbons (Fsp3) is 0.350. The first-order valence-electron chi connectivity index (χ1n) is 8.82. The van der Waals surface area contributed by atoms with E-state index in [1.165, 1.54) is 17.3 Å². The van der Waals surface area contributed by atoms with Crippen molar-refractivity contribution in [3.8, 4) is 5.75 Å². The number of carbonyl (C=O) groups is 2. The molecule has 2 aromatic rings. The Morgan fingerprint density at radius 2 is 1.74 bits per heavy atom. The van der Waals surface area contributed by atoms with Gasteiger partial charge in [-0.1, -0.05) is 11.6 Å². The van der Waals surface area contributed by atoms with E-state index in [-0.39, 0.29) is 17.9 Å². The smallest absolute Gasteiger partial charge is 0.255 e. The van der Waals surface area contributed by atoms with Crippen LogP contribution in [0.4, 0.5) is 0 Å². The van der Waals surface area contributed by atoms with E-state index in [0.717, 1.165) is 18.6 Å². The quantitative estimate of drug-likeness (QED) is 0.808. The lowest BCUT2D eigenvalue weighted by Gasteiger charge is -2.32. The Bertz CT molecular complexity index is 815. The number of amides is 2. The molecule has 0 atom stereocenters. The van der Waals surface area contributed by atoms with E-state index < -0.39 is 0 Å². The normalized spacial score (nSPS) is 14.7. The number of piperidine rings is 1. The average Bonchev–Trinajstić information content (AvgIpc) is 2.69. The SMILES string of the molecule is CN(C)C(=O)c1cncc(C(=O)N2CCC(Oc3ccc(Cl)cc3)CC2)c1. The van der Waals surface area contributed by atoms with Gasteiger partial charge in [0.2, 0.25) is 0 Å². The van der Waals surface area contributed by atoms with Crippen LogP contribution in [0.2, 0.25) is 5.02 Å². The minimum Gasteiger partial charge on any atom is -0.490 e. The van der Waals surface area contributed by atoms with Gasteiger partial charge >= 0.3 is 0 Å². The highest BCUT2D eigenvalue weighted by atomic mass is 35.5. The fourth-order valence-corrected chi connectivity index (χ4v) is 3.12. The number of carbonyl (C=O) groups excluding carboxylic acids is 2. The number of rotatable bonds is 4. The number of benzene rings is 1. The molecule has 1 fully saturated rings. The number of likely N-dealkylation sites (tertiary alicyclic amines) is 1. The van der Waals surface area contributed by atoms with Crippen molar-refractivity contribution >= 4 is 23.4 Å². The number of ether oxygens (including phenoxy) is 1. The van der Waals surface area contributed by atoms with Crippen LogP contribution in [0.1, 0.15) is 33.6 Å². The molecular formula is C20H22ClN3O3. The predicted molar refractivity (Wildman–Crippen MR) is 103 cm³/mol. The molecule has 1 aliphatic rings. The molecule has 0 spiro atoms. The number of hydrogen-bond acceptors (Lipinski definition) is 4. The van der Waals surface area contributed by atoms with Crippen molar-refractivity contribution in [3.63, 3.8) is 0 Å². The number of aromatic nitrogens is 1. The van der Waals surface area contributed by atoms with Gasteiger partial charge in [0, 0.05) is 57.4 Å². The molecule has 6 nitrogen and oxygen atoms in total. The highest BCUT2D eigenvalue weighted by molar-refractivity contribution is 6.30. The third-order valence-electron chi connectivity index (χ3n) is 4.48. The lowest BCUT2D eigenvalue weighted by Crippen LogP contribution is -2.41. The Kier molecular flexibility index (Phi) is 5.96. The maximum absolute atomic E-state index is 12.8. The molecule has 142 valence electrons. The second-order valence-corrected chi connectivity index (χ2v) is 7.16. The fourth-order valence-electron chi connectivity index (χ4n) is 3.00. The van der Waals surface area contributed by atoms with Gasteiger partial charge in [-0.3, -0.25) is 14.6 Å². The van der Waals surface area contributed by atoms with Gasteiger partial charge in [-0.05, 0) is 30.3 Å². The van der Waals surface area contributed by atoms with E-state index in [0.29, 0.717) is 29.2 Å². The molecule has 3 rings (SSSR count). The summed E-state index contributed by atoms with van der Waals surface area (Å²) >= 11 is 5.89. The summed E-state index contributed by atoms with van der Waals surface area (Å²) in [6.07, 6.45) is 4.54. The van der Waals surface area contributed by atoms with Gasteiger partial charge in [-0.15, -0.1) is 0 Å². The Morgan fingerprint density at radius 3 is 2.37 bits per heavy atom. The molecular weight excluding hydrogens is 366 g/mol. The molecule has 2 heterocycles. The van der Waals surface area contributed by atoms with Gasteiger partial charge in [-0.25, -0.2) is 0 Å². The van der Waals surface area contributed by atoms with Crippen LogP contribution in [0.25, 0.3) is 0 Å². The zero-order valence-corrected chi connectivity index (χ0v) is 16.1. The minimum atomic E-state index is -0.174. The van der Waals surface area contributed by atoms with Crippen LogP contribution in [-0.4, -0.2) is 59.9 Å². The summed E-state index contributed by atoms with van der Waals surface area (Å²) in [5.74, 6) is 0.497. The molecule has 0 saturated carbocycles. The largest absolute Gasteiger partial charge is 0.490 e. The minimum absolute atomic E-state index is 0.0648. The first kappa shape index (κ1) is 19.2. The van der Waals surface area contributed by atoms with E-state index in [9.17, 15) is 9.59 Å². The highest BCUT2D eigenvalue weighted by Gasteiger charge is 2.25. The van der Waals surface area contributed by atoms with Crippen molar-refractivity contribution in [2.75, 3.05) is 27.2 Å². The molecule has 1 aliphatic heterocycles. The van der Waals surface area contributed by atoms with Crippen molar-refractivity contribution in [2.45, 2.75) is 18.9 Å². The van der Waals surface area contributed by atoms with Gasteiger partial charge in [0.25, 0.3) is 11.8 Å². The van der Waals surface area contributed by atoms with Crippen LogP contribution >= 0.6 is 11.6 Å². The average molecular weight is 388 g/mol. The van der Waals surface area contributed by atoms with E-state index in [4.69, 9.17) is 16.3 Å². The van der Waals surface area contributed by atoms with Crippen LogP contribution in [-0.2, 0) is 0 Å². The third-order valence-corrected chi connectivity index (χ3v) is 4.74. The summed E-state index contributed by atoms with van der Waals surface area (Å²) in [7, 11) is 3.34. The monoisotopic (exact) mass is 387 g/mol. The molecule has 1 aromatic heterocycles. The van der Waals surface area contributed by atoms with Crippen LogP contribution in [0.5, 0.6) is 5.75 Å². The van der Waals surface area contributed by atoms with E-state index >= 15 is 0 Å². The lowest BCUT2D eigenvalue weighted by molar-refractivity contribution is 0.0595. The van der Waals surface area contributed by atoms with E-state index in [2.05, 4.69) is 4.98 Å². The molecule has 27 heavy (non-hydrogen) atoms. The van der Waals surface area contributed by atoms with Crippen molar-refractivity contribution in [1.82, 2.24) is 14.8 Å². The molecule has 0 radical (unpaired) electrons. The molecule has 1 saturated heterocycles. The number of pyridine rings is 1. The molecule has 1 aromatic carbocycles. The number of nitrogens with zero attached hydrogens (tertiary/aromatic N) is 3. The molecule has 7 heteroatoms. The van der Waals surface area contributed by atoms with Crippen LogP contribution in [0, 0.1) is 0 Å². The Morgan fingerprint density at radius 1 is 1.11 bits per heavy atom. The highest BCUT2D eigenvalue weighted by Crippen LogP contribution is 2.22. The number of hydrogen-bond donors (Lipinski definition) is 0. The van der Waals surface area contributed by atoms with E-state index in [1.54, 1.807) is 37.2 Å². The topological polar surface area (TPSA) is 62.7 Å². The summed E-state index contributed by atoms with van der Waals surface area (Å²) in [5.41, 5.74) is 0.839. The van der Waals surface area contributed by atoms with E-state index in [1.807, 2.05) is 12.1 Å². The third kappa shape index (κ3) is 4.77. The lowest BCUT2D eigenvalue weighted by atomic mass is 10.1. The Labute approximate surface area is 163 Å². The summed E-state index contributed by atoms with van der Waals surface area (Å²) in [6, 6.07) is 8.89.